The van der Waals surface area contributed by atoms with E-state index in [-0.39, 0.29) is 17.1 Å². The number of hydrogen-bond donors (Lipinski definition) is 0. The summed E-state index contributed by atoms with van der Waals surface area (Å²) < 4.78 is 52.8. The average molecular weight is 556 g/mol. The summed E-state index contributed by atoms with van der Waals surface area (Å²) in [7, 11) is -3.43. The molecule has 4 rings (SSSR count). The van der Waals surface area contributed by atoms with Crippen LogP contribution in [0.25, 0.3) is 16.8 Å². The molecular formula is C27H24ClF2N5O2S. The second-order valence-electron chi connectivity index (χ2n) is 8.46. The van der Waals surface area contributed by atoms with E-state index in [1.165, 1.54) is 18.5 Å². The summed E-state index contributed by atoms with van der Waals surface area (Å²) in [6.07, 6.45) is 0.980. The number of aryl methyl sites for hydroxylation is 1. The highest BCUT2D eigenvalue weighted by Gasteiger charge is 2.20. The Hall–Kier alpha value is -3.89. The van der Waals surface area contributed by atoms with E-state index in [4.69, 9.17) is 11.6 Å². The van der Waals surface area contributed by atoms with Crippen molar-refractivity contribution in [1.82, 2.24) is 9.55 Å². The molecule has 0 N–H and O–H groups in total. The van der Waals surface area contributed by atoms with Crippen LogP contribution >= 0.6 is 11.6 Å². The van der Waals surface area contributed by atoms with Crippen molar-refractivity contribution >= 4 is 27.1 Å². The number of halogens is 3. The van der Waals surface area contributed by atoms with Crippen molar-refractivity contribution in [2.24, 2.45) is 10.3 Å². The molecule has 0 amide bonds. The van der Waals surface area contributed by atoms with Crippen LogP contribution in [-0.4, -0.2) is 24.2 Å². The van der Waals surface area contributed by atoms with Crippen molar-refractivity contribution in [3.8, 4) is 16.8 Å². The fourth-order valence-corrected chi connectivity index (χ4v) is 4.68. The molecule has 4 aromatic rings. The standard InChI is InChI=1S/C27H24ClF2N5O2S/c1-4-31-33-35(16-19-8-11-22(28)12-9-19)26-15-21(20-6-5-7-23(14-20)38(3,36)37)10-13-25(26)34-17-24(27(29)30)32-18(34)2/h4-15,17,27H,1,16H2,2-3H3. The van der Waals surface area contributed by atoms with Crippen molar-refractivity contribution in [3.05, 3.63) is 108 Å². The number of imidazole rings is 1. The molecule has 0 saturated heterocycles. The topological polar surface area (TPSA) is 79.9 Å². The monoisotopic (exact) mass is 555 g/mol. The minimum absolute atomic E-state index is 0.178. The van der Waals surface area contributed by atoms with Gasteiger partial charge in [-0.15, -0.1) is 5.11 Å². The molecule has 38 heavy (non-hydrogen) atoms. The van der Waals surface area contributed by atoms with E-state index < -0.39 is 16.3 Å². The van der Waals surface area contributed by atoms with Gasteiger partial charge in [-0.1, -0.05) is 53.7 Å². The first-order chi connectivity index (χ1) is 18.1. The number of sulfone groups is 1. The molecular weight excluding hydrogens is 532 g/mol. The van der Waals surface area contributed by atoms with Crippen LogP contribution in [0.15, 0.2) is 101 Å². The van der Waals surface area contributed by atoms with Gasteiger partial charge < -0.3 is 4.57 Å². The van der Waals surface area contributed by atoms with Crippen LogP contribution in [-0.2, 0) is 16.4 Å². The van der Waals surface area contributed by atoms with Crippen LogP contribution in [0, 0.1) is 6.92 Å². The smallest absolute Gasteiger partial charge is 0.281 e. The molecule has 1 heterocycles. The molecule has 0 bridgehead atoms. The maximum Gasteiger partial charge on any atom is 0.281 e. The SMILES string of the molecule is C=CN=NN(Cc1ccc(Cl)cc1)c1cc(-c2cccc(S(C)(=O)=O)c2)ccc1-n1cc(C(F)F)nc1C. The number of anilines is 1. The maximum atomic E-state index is 13.5. The first kappa shape index (κ1) is 27.2. The average Bonchev–Trinajstić information content (AvgIpc) is 3.28. The molecule has 196 valence electrons. The first-order valence-corrected chi connectivity index (χ1v) is 13.7. The zero-order valence-electron chi connectivity index (χ0n) is 20.6. The Bertz CT molecular complexity index is 1600. The van der Waals surface area contributed by atoms with Gasteiger partial charge in [0.15, 0.2) is 9.84 Å². The molecule has 7 nitrogen and oxygen atoms in total. The quantitative estimate of drug-likeness (QED) is 0.160. The molecule has 3 aromatic carbocycles. The zero-order valence-corrected chi connectivity index (χ0v) is 22.2. The van der Waals surface area contributed by atoms with Crippen LogP contribution < -0.4 is 5.01 Å². The highest BCUT2D eigenvalue weighted by molar-refractivity contribution is 7.90. The molecule has 0 unspecified atom stereocenters. The second-order valence-corrected chi connectivity index (χ2v) is 10.9. The number of nitrogens with zero attached hydrogens (tertiary/aromatic N) is 5. The summed E-state index contributed by atoms with van der Waals surface area (Å²) in [6, 6.07) is 19.1. The minimum Gasteiger partial charge on any atom is -0.301 e. The van der Waals surface area contributed by atoms with Crippen molar-refractivity contribution in [2.75, 3.05) is 11.3 Å². The van der Waals surface area contributed by atoms with Crippen LogP contribution in [0.1, 0.15) is 23.5 Å². The fourth-order valence-electron chi connectivity index (χ4n) is 3.89. The highest BCUT2D eigenvalue weighted by Crippen LogP contribution is 2.34. The highest BCUT2D eigenvalue weighted by atomic mass is 35.5. The third-order valence-corrected chi connectivity index (χ3v) is 7.08. The summed E-state index contributed by atoms with van der Waals surface area (Å²) in [4.78, 5) is 4.18. The third kappa shape index (κ3) is 6.15. The number of hydrogen-bond acceptors (Lipinski definition) is 5. The van der Waals surface area contributed by atoms with Crippen molar-refractivity contribution in [1.29, 1.82) is 0 Å². The van der Waals surface area contributed by atoms with Crippen LogP contribution in [0.5, 0.6) is 0 Å². The Morgan fingerprint density at radius 1 is 1.11 bits per heavy atom. The largest absolute Gasteiger partial charge is 0.301 e. The van der Waals surface area contributed by atoms with Crippen LogP contribution in [0.4, 0.5) is 14.5 Å². The molecule has 0 fully saturated rings. The molecule has 0 saturated carbocycles. The molecule has 0 aliphatic carbocycles. The predicted molar refractivity (Wildman–Crippen MR) is 144 cm³/mol. The van der Waals surface area contributed by atoms with Gasteiger partial charge in [0.25, 0.3) is 6.43 Å². The zero-order chi connectivity index (χ0) is 27.4. The minimum atomic E-state index is -3.43. The lowest BCUT2D eigenvalue weighted by Crippen LogP contribution is -2.17. The summed E-state index contributed by atoms with van der Waals surface area (Å²) in [5.41, 5.74) is 2.91. The third-order valence-electron chi connectivity index (χ3n) is 5.72. The Labute approximate surface area is 224 Å². The Morgan fingerprint density at radius 2 is 1.82 bits per heavy atom. The summed E-state index contributed by atoms with van der Waals surface area (Å²) >= 11 is 6.05. The van der Waals surface area contributed by atoms with Gasteiger partial charge in [0.05, 0.1) is 22.8 Å². The van der Waals surface area contributed by atoms with E-state index in [1.54, 1.807) is 65.0 Å². The first-order valence-electron chi connectivity index (χ1n) is 11.4. The van der Waals surface area contributed by atoms with Gasteiger partial charge in [-0.2, -0.15) is 0 Å². The summed E-state index contributed by atoms with van der Waals surface area (Å²) in [6.45, 7) is 5.50. The number of aromatic nitrogens is 2. The van der Waals surface area contributed by atoms with Gasteiger partial charge >= 0.3 is 0 Å². The lowest BCUT2D eigenvalue weighted by atomic mass is 10.0. The van der Waals surface area contributed by atoms with E-state index in [9.17, 15) is 17.2 Å². The van der Waals surface area contributed by atoms with Gasteiger partial charge in [-0.05, 0) is 60.0 Å². The van der Waals surface area contributed by atoms with E-state index >= 15 is 0 Å². The van der Waals surface area contributed by atoms with Gasteiger partial charge in [-0.3, -0.25) is 0 Å². The molecule has 0 spiro atoms. The Morgan fingerprint density at radius 3 is 2.45 bits per heavy atom. The normalized spacial score (nSPS) is 11.8. The summed E-state index contributed by atoms with van der Waals surface area (Å²) in [5.74, 6) is 0.362. The fraction of sp³-hybridized carbons (Fsp3) is 0.148. The molecule has 0 aliphatic rings. The van der Waals surface area contributed by atoms with E-state index in [0.29, 0.717) is 33.3 Å². The summed E-state index contributed by atoms with van der Waals surface area (Å²) in [5, 5.41) is 10.5. The molecule has 11 heteroatoms. The van der Waals surface area contributed by atoms with Gasteiger partial charge in [0.1, 0.15) is 11.5 Å². The van der Waals surface area contributed by atoms with Gasteiger partial charge in [0, 0.05) is 23.7 Å². The Kier molecular flexibility index (Phi) is 8.03. The second kappa shape index (κ2) is 11.2. The Balaban J connectivity index is 1.92. The van der Waals surface area contributed by atoms with Crippen molar-refractivity contribution < 1.29 is 17.2 Å². The molecule has 0 atom stereocenters. The van der Waals surface area contributed by atoms with Gasteiger partial charge in [0.2, 0.25) is 0 Å². The van der Waals surface area contributed by atoms with E-state index in [1.807, 2.05) is 12.1 Å². The van der Waals surface area contributed by atoms with Crippen molar-refractivity contribution in [2.45, 2.75) is 24.8 Å². The van der Waals surface area contributed by atoms with Crippen LogP contribution in [0.2, 0.25) is 5.02 Å². The van der Waals surface area contributed by atoms with Gasteiger partial charge in [-0.25, -0.2) is 27.2 Å². The van der Waals surface area contributed by atoms with Crippen LogP contribution in [0.3, 0.4) is 0 Å². The lowest BCUT2D eigenvalue weighted by molar-refractivity contribution is 0.146. The number of rotatable bonds is 9. The molecule has 0 aliphatic heterocycles. The molecule has 0 radical (unpaired) electrons. The maximum absolute atomic E-state index is 13.5. The van der Waals surface area contributed by atoms with E-state index in [2.05, 4.69) is 21.9 Å². The number of alkyl halides is 2. The lowest BCUT2D eigenvalue weighted by Gasteiger charge is -2.23. The van der Waals surface area contributed by atoms with Crippen molar-refractivity contribution in [3.63, 3.8) is 0 Å². The van der Waals surface area contributed by atoms with E-state index in [0.717, 1.165) is 11.8 Å². The number of benzene rings is 3. The molecule has 1 aromatic heterocycles. The predicted octanol–water partition coefficient (Wildman–Crippen LogP) is 7.36.